The lowest BCUT2D eigenvalue weighted by atomic mass is 9.75. The van der Waals surface area contributed by atoms with Gasteiger partial charge in [0.2, 0.25) is 0 Å². The average molecular weight is 524 g/mol. The second-order valence-electron chi connectivity index (χ2n) is 9.72. The summed E-state index contributed by atoms with van der Waals surface area (Å²) in [5.41, 5.74) is 5.74. The number of nitro groups is 1. The van der Waals surface area contributed by atoms with Crippen molar-refractivity contribution < 1.29 is 22.8 Å². The van der Waals surface area contributed by atoms with Gasteiger partial charge in [0.05, 0.1) is 4.92 Å². The maximum Gasteiger partial charge on any atom is 0.573 e. The molecule has 1 fully saturated rings. The lowest BCUT2D eigenvalue weighted by Crippen LogP contribution is -2.40. The number of ether oxygens (including phenoxy) is 1. The Morgan fingerprint density at radius 1 is 0.974 bits per heavy atom. The van der Waals surface area contributed by atoms with E-state index in [0.29, 0.717) is 24.6 Å². The summed E-state index contributed by atoms with van der Waals surface area (Å²) < 4.78 is 41.5. The number of piperidine rings is 1. The molecule has 0 spiro atoms. The molecular weight excluding hydrogens is 495 g/mol. The Morgan fingerprint density at radius 3 is 2.16 bits per heavy atom. The zero-order valence-electron chi connectivity index (χ0n) is 20.7. The first-order valence-corrected chi connectivity index (χ1v) is 12.7. The number of hydrogen-bond acceptors (Lipinski definition) is 5. The van der Waals surface area contributed by atoms with Gasteiger partial charge in [-0.1, -0.05) is 48.5 Å². The molecule has 3 aromatic rings. The van der Waals surface area contributed by atoms with Crippen molar-refractivity contribution in [1.82, 2.24) is 4.90 Å². The number of nitrogens with zero attached hydrogens (tertiary/aromatic N) is 2. The summed E-state index contributed by atoms with van der Waals surface area (Å²) in [6, 6.07) is 22.3. The van der Waals surface area contributed by atoms with E-state index in [4.69, 9.17) is 0 Å². The third kappa shape index (κ3) is 5.93. The van der Waals surface area contributed by atoms with E-state index < -0.39 is 11.3 Å². The van der Waals surface area contributed by atoms with Gasteiger partial charge in [-0.15, -0.1) is 13.2 Å². The van der Waals surface area contributed by atoms with Crippen LogP contribution in [0.25, 0.3) is 0 Å². The molecule has 38 heavy (non-hydrogen) atoms. The second-order valence-corrected chi connectivity index (χ2v) is 9.72. The minimum Gasteiger partial charge on any atom is -0.406 e. The van der Waals surface area contributed by atoms with Crippen molar-refractivity contribution in [3.8, 4) is 5.75 Å². The summed E-state index contributed by atoms with van der Waals surface area (Å²) >= 11 is 0. The van der Waals surface area contributed by atoms with Crippen LogP contribution in [0.2, 0.25) is 0 Å². The monoisotopic (exact) mass is 523 g/mol. The minimum absolute atomic E-state index is 0.170. The van der Waals surface area contributed by atoms with Crippen LogP contribution in [0.15, 0.2) is 84.8 Å². The molecule has 0 bridgehead atoms. The van der Waals surface area contributed by atoms with E-state index in [2.05, 4.69) is 58.6 Å². The molecule has 1 atom stereocenters. The topological polar surface area (TPSA) is 67.6 Å². The minimum atomic E-state index is -4.79. The van der Waals surface area contributed by atoms with E-state index in [9.17, 15) is 23.3 Å². The SMILES string of the molecule is O=[N+]([O-])/C=C(/Nc1ccc(OC(F)(F)F)cc1)N1CCCC(C2c3ccccc3CCc3ccccc32)C1. The van der Waals surface area contributed by atoms with Crippen LogP contribution in [0.5, 0.6) is 5.75 Å². The molecule has 3 aromatic carbocycles. The molecule has 1 aliphatic carbocycles. The van der Waals surface area contributed by atoms with Gasteiger partial charge in [-0.05, 0) is 78.1 Å². The largest absolute Gasteiger partial charge is 0.573 e. The van der Waals surface area contributed by atoms with E-state index >= 15 is 0 Å². The van der Waals surface area contributed by atoms with Crippen molar-refractivity contribution in [1.29, 1.82) is 0 Å². The van der Waals surface area contributed by atoms with Crippen molar-refractivity contribution in [3.63, 3.8) is 0 Å². The first-order chi connectivity index (χ1) is 18.3. The van der Waals surface area contributed by atoms with Crippen LogP contribution in [0, 0.1) is 16.0 Å². The molecule has 198 valence electrons. The Kier molecular flexibility index (Phi) is 7.26. The molecule has 0 amide bonds. The fourth-order valence-corrected chi connectivity index (χ4v) is 5.76. The number of rotatable bonds is 6. The van der Waals surface area contributed by atoms with E-state index in [0.717, 1.165) is 31.9 Å². The molecule has 2 aliphatic rings. The van der Waals surface area contributed by atoms with Gasteiger partial charge in [-0.25, -0.2) is 0 Å². The number of aryl methyl sites for hydroxylation is 2. The lowest BCUT2D eigenvalue weighted by molar-refractivity contribution is -0.404. The van der Waals surface area contributed by atoms with Crippen LogP contribution in [0.3, 0.4) is 0 Å². The molecule has 1 saturated heterocycles. The van der Waals surface area contributed by atoms with Gasteiger partial charge in [-0.2, -0.15) is 0 Å². The second kappa shape index (κ2) is 10.8. The van der Waals surface area contributed by atoms with Gasteiger partial charge in [0, 0.05) is 24.7 Å². The Balaban J connectivity index is 1.41. The van der Waals surface area contributed by atoms with E-state index in [-0.39, 0.29) is 17.6 Å². The van der Waals surface area contributed by atoms with Gasteiger partial charge in [0.1, 0.15) is 5.75 Å². The highest BCUT2D eigenvalue weighted by Crippen LogP contribution is 2.42. The zero-order chi connectivity index (χ0) is 26.7. The highest BCUT2D eigenvalue weighted by atomic mass is 19.4. The van der Waals surface area contributed by atoms with Crippen LogP contribution in [0.1, 0.15) is 41.0 Å². The van der Waals surface area contributed by atoms with Crippen LogP contribution in [-0.2, 0) is 12.8 Å². The number of hydrogen-bond donors (Lipinski definition) is 1. The third-order valence-electron chi connectivity index (χ3n) is 7.30. The summed E-state index contributed by atoms with van der Waals surface area (Å²) in [5, 5.41) is 14.6. The van der Waals surface area contributed by atoms with Gasteiger partial charge < -0.3 is 15.0 Å². The highest BCUT2D eigenvalue weighted by molar-refractivity contribution is 5.50. The molecular formula is C29H28F3N3O3. The number of fused-ring (bicyclic) bond motifs is 2. The van der Waals surface area contributed by atoms with Gasteiger partial charge in [0.15, 0.2) is 5.82 Å². The van der Waals surface area contributed by atoms with Crippen LogP contribution in [-0.4, -0.2) is 29.3 Å². The Morgan fingerprint density at radius 2 is 1.58 bits per heavy atom. The van der Waals surface area contributed by atoms with Crippen molar-refractivity contribution in [2.75, 3.05) is 18.4 Å². The number of halogens is 3. The van der Waals surface area contributed by atoms with Gasteiger partial charge in [-0.3, -0.25) is 10.1 Å². The normalized spacial score (nSPS) is 18.2. The smallest absolute Gasteiger partial charge is 0.406 e. The van der Waals surface area contributed by atoms with Crippen molar-refractivity contribution >= 4 is 5.69 Å². The third-order valence-corrected chi connectivity index (χ3v) is 7.30. The van der Waals surface area contributed by atoms with Crippen LogP contribution in [0.4, 0.5) is 18.9 Å². The summed E-state index contributed by atoms with van der Waals surface area (Å²) in [5.74, 6) is 0.345. The molecule has 9 heteroatoms. The van der Waals surface area contributed by atoms with E-state index in [1.165, 1.54) is 46.5 Å². The van der Waals surface area contributed by atoms with Crippen LogP contribution < -0.4 is 10.1 Å². The summed E-state index contributed by atoms with van der Waals surface area (Å²) in [6.07, 6.45) is -0.0643. The average Bonchev–Trinajstić information content (AvgIpc) is 3.05. The number of anilines is 1. The van der Waals surface area contributed by atoms with E-state index in [1.807, 2.05) is 4.90 Å². The molecule has 0 radical (unpaired) electrons. The highest BCUT2D eigenvalue weighted by Gasteiger charge is 2.34. The molecule has 6 nitrogen and oxygen atoms in total. The van der Waals surface area contributed by atoms with Gasteiger partial charge >= 0.3 is 6.36 Å². The molecule has 0 aromatic heterocycles. The molecule has 0 saturated carbocycles. The Hall–Kier alpha value is -4.01. The first-order valence-electron chi connectivity index (χ1n) is 12.7. The molecule has 1 unspecified atom stereocenters. The van der Waals surface area contributed by atoms with Crippen LogP contribution >= 0.6 is 0 Å². The predicted octanol–water partition coefficient (Wildman–Crippen LogP) is 6.72. The fraction of sp³-hybridized carbons (Fsp3) is 0.310. The van der Waals surface area contributed by atoms with Crippen molar-refractivity contribution in [2.45, 2.75) is 38.0 Å². The summed E-state index contributed by atoms with van der Waals surface area (Å²) in [4.78, 5) is 13.0. The standard InChI is InChI=1S/C29H28F3N3O3/c30-29(31,32)38-24-15-13-23(14-16-24)33-27(19-35(36)37)34-17-5-8-22(18-34)28-25-9-3-1-6-20(25)11-12-21-7-2-4-10-26(21)28/h1-4,6-7,9-10,13-16,19,22,28,33H,5,8,11-12,17-18H2/b27-19-. The molecule has 5 rings (SSSR count). The Bertz CT molecular complexity index is 1280. The maximum absolute atomic E-state index is 12.5. The molecule has 1 heterocycles. The number of likely N-dealkylation sites (tertiary alicyclic amines) is 1. The lowest BCUT2D eigenvalue weighted by Gasteiger charge is -2.39. The zero-order valence-corrected chi connectivity index (χ0v) is 20.7. The number of alkyl halides is 3. The Labute approximate surface area is 218 Å². The quantitative estimate of drug-likeness (QED) is 0.287. The maximum atomic E-state index is 12.5. The molecule has 1 N–H and O–H groups in total. The predicted molar refractivity (Wildman–Crippen MR) is 138 cm³/mol. The van der Waals surface area contributed by atoms with Crippen molar-refractivity contribution in [2.24, 2.45) is 5.92 Å². The summed E-state index contributed by atoms with van der Waals surface area (Å²) in [6.45, 7) is 1.24. The number of nitrogens with one attached hydrogen (secondary N) is 1. The number of benzene rings is 3. The fourth-order valence-electron chi connectivity index (χ4n) is 5.76. The van der Waals surface area contributed by atoms with Crippen molar-refractivity contribution in [3.05, 3.63) is 117 Å². The van der Waals surface area contributed by atoms with E-state index in [1.54, 1.807) is 0 Å². The van der Waals surface area contributed by atoms with Gasteiger partial charge in [0.25, 0.3) is 6.20 Å². The summed E-state index contributed by atoms with van der Waals surface area (Å²) in [7, 11) is 0. The molecule has 1 aliphatic heterocycles. The first kappa shape index (κ1) is 25.6.